The van der Waals surface area contributed by atoms with Crippen LogP contribution >= 0.6 is 0 Å². The highest BCUT2D eigenvalue weighted by Crippen LogP contribution is 2.26. The number of nitrogens with one attached hydrogen (secondary N) is 1. The van der Waals surface area contributed by atoms with E-state index in [1.807, 2.05) is 48.5 Å². The second kappa shape index (κ2) is 7.06. The molecule has 1 N–H and O–H groups in total. The Morgan fingerprint density at radius 1 is 0.909 bits per heavy atom. The molecule has 0 spiro atoms. The molecule has 0 heterocycles. The van der Waals surface area contributed by atoms with Crippen molar-refractivity contribution in [3.8, 4) is 6.07 Å². The van der Waals surface area contributed by atoms with Crippen molar-refractivity contribution >= 4 is 11.1 Å². The van der Waals surface area contributed by atoms with Crippen molar-refractivity contribution in [1.82, 2.24) is 5.32 Å². The molecule has 0 saturated carbocycles. The predicted molar refractivity (Wildman–Crippen MR) is 93.1 cm³/mol. The highest BCUT2D eigenvalue weighted by molar-refractivity contribution is 5.97. The zero-order valence-electron chi connectivity index (χ0n) is 13.4. The fourth-order valence-electron chi connectivity index (χ4n) is 2.24. The van der Waals surface area contributed by atoms with Crippen LogP contribution in [0.1, 0.15) is 31.9 Å². The van der Waals surface area contributed by atoms with E-state index in [1.54, 1.807) is 0 Å². The lowest BCUT2D eigenvalue weighted by molar-refractivity contribution is 0.452. The summed E-state index contributed by atoms with van der Waals surface area (Å²) in [5.74, 6) is 0. The van der Waals surface area contributed by atoms with E-state index in [-0.39, 0.29) is 5.54 Å². The van der Waals surface area contributed by atoms with Gasteiger partial charge in [-0.25, -0.2) is 0 Å². The van der Waals surface area contributed by atoms with E-state index >= 15 is 0 Å². The number of rotatable bonds is 4. The molecule has 0 fully saturated rings. The average molecular weight is 290 g/mol. The lowest BCUT2D eigenvalue weighted by Crippen LogP contribution is -2.37. The number of benzene rings is 2. The van der Waals surface area contributed by atoms with Crippen LogP contribution in [0.5, 0.6) is 0 Å². The van der Waals surface area contributed by atoms with E-state index in [0.717, 1.165) is 22.3 Å². The van der Waals surface area contributed by atoms with Crippen LogP contribution in [0.25, 0.3) is 11.1 Å². The zero-order chi connectivity index (χ0) is 16.0. The number of hydrogen-bond donors (Lipinski definition) is 1. The molecule has 2 aromatic carbocycles. The number of nitriles is 1. The SMILES string of the molecule is CC(C)(C)NC/C(=C(\C#N)c1ccccc1)c1ccccc1. The van der Waals surface area contributed by atoms with Crippen molar-refractivity contribution in [3.05, 3.63) is 71.8 Å². The van der Waals surface area contributed by atoms with E-state index < -0.39 is 0 Å². The maximum atomic E-state index is 9.70. The van der Waals surface area contributed by atoms with Gasteiger partial charge in [0.15, 0.2) is 0 Å². The fraction of sp³-hybridized carbons (Fsp3) is 0.250. The standard InChI is InChI=1S/C20H22N2/c1-20(2,3)22-15-19(17-12-8-5-9-13-17)18(14-21)16-10-6-4-7-11-16/h4-13,22H,15H2,1-3H3/b19-18-. The predicted octanol–water partition coefficient (Wildman–Crippen LogP) is 4.51. The molecule has 0 aliphatic rings. The average Bonchev–Trinajstić information content (AvgIpc) is 2.52. The van der Waals surface area contributed by atoms with Crippen molar-refractivity contribution in [2.24, 2.45) is 0 Å². The largest absolute Gasteiger partial charge is 0.308 e. The van der Waals surface area contributed by atoms with E-state index in [1.165, 1.54) is 0 Å². The first-order valence-electron chi connectivity index (χ1n) is 7.50. The molecule has 0 bridgehead atoms. The van der Waals surface area contributed by atoms with Crippen molar-refractivity contribution in [2.75, 3.05) is 6.54 Å². The second-order valence-corrected chi connectivity index (χ2v) is 6.30. The van der Waals surface area contributed by atoms with Crippen LogP contribution in [0.4, 0.5) is 0 Å². The van der Waals surface area contributed by atoms with E-state index in [2.05, 4.69) is 44.3 Å². The van der Waals surface area contributed by atoms with Crippen molar-refractivity contribution in [1.29, 1.82) is 5.26 Å². The van der Waals surface area contributed by atoms with E-state index in [0.29, 0.717) is 6.54 Å². The molecule has 0 amide bonds. The van der Waals surface area contributed by atoms with E-state index in [9.17, 15) is 5.26 Å². The Balaban J connectivity index is 2.51. The Kier molecular flexibility index (Phi) is 5.14. The molecule has 112 valence electrons. The van der Waals surface area contributed by atoms with Crippen molar-refractivity contribution in [3.63, 3.8) is 0 Å². The van der Waals surface area contributed by atoms with Crippen molar-refractivity contribution < 1.29 is 0 Å². The van der Waals surface area contributed by atoms with Crippen LogP contribution in [0, 0.1) is 11.3 Å². The highest BCUT2D eigenvalue weighted by Gasteiger charge is 2.15. The summed E-state index contributed by atoms with van der Waals surface area (Å²) in [5, 5.41) is 13.2. The molecule has 0 radical (unpaired) electrons. The third-order valence-electron chi connectivity index (χ3n) is 3.39. The van der Waals surface area contributed by atoms with Gasteiger partial charge in [-0.05, 0) is 37.5 Å². The van der Waals surface area contributed by atoms with Gasteiger partial charge in [0.2, 0.25) is 0 Å². The normalized spacial score (nSPS) is 12.5. The molecular formula is C20H22N2. The molecule has 0 atom stereocenters. The van der Waals surface area contributed by atoms with Crippen LogP contribution in [0.3, 0.4) is 0 Å². The van der Waals surface area contributed by atoms with Crippen LogP contribution in [-0.4, -0.2) is 12.1 Å². The Bertz CT molecular complexity index is 671. The Morgan fingerprint density at radius 2 is 1.41 bits per heavy atom. The van der Waals surface area contributed by atoms with Gasteiger partial charge in [0.25, 0.3) is 0 Å². The van der Waals surface area contributed by atoms with Gasteiger partial charge < -0.3 is 5.32 Å². The lowest BCUT2D eigenvalue weighted by atomic mass is 9.94. The van der Waals surface area contributed by atoms with Gasteiger partial charge in [0.05, 0.1) is 5.57 Å². The lowest BCUT2D eigenvalue weighted by Gasteiger charge is -2.22. The third-order valence-corrected chi connectivity index (χ3v) is 3.39. The molecule has 2 aromatic rings. The van der Waals surface area contributed by atoms with Gasteiger partial charge >= 0.3 is 0 Å². The van der Waals surface area contributed by atoms with Gasteiger partial charge in [0, 0.05) is 12.1 Å². The first-order chi connectivity index (χ1) is 10.5. The summed E-state index contributed by atoms with van der Waals surface area (Å²) in [6.45, 7) is 7.05. The monoisotopic (exact) mass is 290 g/mol. The maximum Gasteiger partial charge on any atom is 0.100 e. The zero-order valence-corrected chi connectivity index (χ0v) is 13.4. The molecule has 0 aliphatic carbocycles. The smallest absolute Gasteiger partial charge is 0.100 e. The third kappa shape index (κ3) is 4.31. The minimum absolute atomic E-state index is 0.00269. The van der Waals surface area contributed by atoms with Crippen LogP contribution in [0.2, 0.25) is 0 Å². The van der Waals surface area contributed by atoms with Gasteiger partial charge in [-0.15, -0.1) is 0 Å². The summed E-state index contributed by atoms with van der Waals surface area (Å²) in [5.41, 5.74) is 3.80. The first kappa shape index (κ1) is 16.0. The minimum atomic E-state index is -0.00269. The first-order valence-corrected chi connectivity index (χ1v) is 7.50. The molecule has 0 aliphatic heterocycles. The van der Waals surface area contributed by atoms with Gasteiger partial charge in [-0.1, -0.05) is 60.7 Å². The molecule has 0 unspecified atom stereocenters. The summed E-state index contributed by atoms with van der Waals surface area (Å²) in [6.07, 6.45) is 0. The van der Waals surface area contributed by atoms with Crippen LogP contribution < -0.4 is 5.32 Å². The van der Waals surface area contributed by atoms with Gasteiger partial charge in [-0.2, -0.15) is 5.26 Å². The van der Waals surface area contributed by atoms with E-state index in [4.69, 9.17) is 0 Å². The van der Waals surface area contributed by atoms with Gasteiger partial charge in [-0.3, -0.25) is 0 Å². The molecule has 0 saturated heterocycles. The summed E-state index contributed by atoms with van der Waals surface area (Å²) in [6, 6.07) is 22.4. The number of nitrogens with zero attached hydrogens (tertiary/aromatic N) is 1. The molecular weight excluding hydrogens is 268 g/mol. The number of allylic oxidation sites excluding steroid dienone is 1. The molecule has 2 nitrogen and oxygen atoms in total. The van der Waals surface area contributed by atoms with Crippen molar-refractivity contribution in [2.45, 2.75) is 26.3 Å². The summed E-state index contributed by atoms with van der Waals surface area (Å²) < 4.78 is 0. The second-order valence-electron chi connectivity index (χ2n) is 6.30. The fourth-order valence-corrected chi connectivity index (χ4v) is 2.24. The maximum absolute atomic E-state index is 9.70. The molecule has 0 aromatic heterocycles. The Labute approximate surface area is 133 Å². The summed E-state index contributed by atoms with van der Waals surface area (Å²) >= 11 is 0. The summed E-state index contributed by atoms with van der Waals surface area (Å²) in [4.78, 5) is 0. The van der Waals surface area contributed by atoms with Crippen LogP contribution in [0.15, 0.2) is 60.7 Å². The highest BCUT2D eigenvalue weighted by atomic mass is 14.9. The van der Waals surface area contributed by atoms with Crippen LogP contribution in [-0.2, 0) is 0 Å². The Hall–Kier alpha value is -2.37. The summed E-state index contributed by atoms with van der Waals surface area (Å²) in [7, 11) is 0. The minimum Gasteiger partial charge on any atom is -0.308 e. The quantitative estimate of drug-likeness (QED) is 0.664. The number of hydrogen-bond acceptors (Lipinski definition) is 2. The Morgan fingerprint density at radius 3 is 1.86 bits per heavy atom. The molecule has 2 heteroatoms. The van der Waals surface area contributed by atoms with Gasteiger partial charge in [0.1, 0.15) is 6.07 Å². The molecule has 22 heavy (non-hydrogen) atoms. The topological polar surface area (TPSA) is 35.8 Å². The molecule has 2 rings (SSSR count).